The van der Waals surface area contributed by atoms with Crippen molar-refractivity contribution in [1.29, 1.82) is 0 Å². The number of anilines is 2. The van der Waals surface area contributed by atoms with Crippen molar-refractivity contribution in [2.45, 2.75) is 20.0 Å². The number of nitrogens with one attached hydrogen (secondary N) is 2. The Kier molecular flexibility index (Phi) is 5.14. The fourth-order valence-electron chi connectivity index (χ4n) is 1.72. The number of thiophene rings is 1. The summed E-state index contributed by atoms with van der Waals surface area (Å²) in [5, 5.41) is 12.3. The number of carbonyl (C=O) groups excluding carboxylic acids is 1. The third-order valence-electron chi connectivity index (χ3n) is 2.67. The molecule has 2 rings (SSSR count). The zero-order valence-corrected chi connectivity index (χ0v) is 12.4. The minimum atomic E-state index is -0.0583. The number of hydrogen-bond donors (Lipinski definition) is 2. The van der Waals surface area contributed by atoms with E-state index in [2.05, 4.69) is 15.7 Å². The van der Waals surface area contributed by atoms with Crippen molar-refractivity contribution < 1.29 is 9.53 Å². The SMILES string of the molecule is COCCn1cc(NCc2sccc2NC(C)=O)cn1. The highest BCUT2D eigenvalue weighted by molar-refractivity contribution is 7.10. The lowest BCUT2D eigenvalue weighted by atomic mass is 10.3. The summed E-state index contributed by atoms with van der Waals surface area (Å²) >= 11 is 1.61. The van der Waals surface area contributed by atoms with E-state index in [1.54, 1.807) is 24.6 Å². The summed E-state index contributed by atoms with van der Waals surface area (Å²) in [4.78, 5) is 12.2. The van der Waals surface area contributed by atoms with Gasteiger partial charge in [-0.1, -0.05) is 0 Å². The summed E-state index contributed by atoms with van der Waals surface area (Å²) in [5.41, 5.74) is 1.81. The van der Waals surface area contributed by atoms with Crippen LogP contribution in [0.3, 0.4) is 0 Å². The third-order valence-corrected chi connectivity index (χ3v) is 3.59. The van der Waals surface area contributed by atoms with Crippen LogP contribution in [0.1, 0.15) is 11.8 Å². The second-order valence-corrected chi connectivity index (χ2v) is 5.28. The maximum Gasteiger partial charge on any atom is 0.221 e. The van der Waals surface area contributed by atoms with Gasteiger partial charge in [0.15, 0.2) is 0 Å². The van der Waals surface area contributed by atoms with Gasteiger partial charge in [-0.25, -0.2) is 0 Å². The van der Waals surface area contributed by atoms with Crippen molar-refractivity contribution in [2.24, 2.45) is 0 Å². The smallest absolute Gasteiger partial charge is 0.221 e. The Hall–Kier alpha value is -1.86. The summed E-state index contributed by atoms with van der Waals surface area (Å²) in [6, 6.07) is 1.91. The lowest BCUT2D eigenvalue weighted by Gasteiger charge is -2.05. The molecule has 20 heavy (non-hydrogen) atoms. The van der Waals surface area contributed by atoms with Gasteiger partial charge >= 0.3 is 0 Å². The van der Waals surface area contributed by atoms with Crippen LogP contribution in [0, 0.1) is 0 Å². The number of hydrogen-bond acceptors (Lipinski definition) is 5. The molecular formula is C13H18N4O2S. The van der Waals surface area contributed by atoms with Crippen molar-refractivity contribution >= 4 is 28.6 Å². The fraction of sp³-hybridized carbons (Fsp3) is 0.385. The van der Waals surface area contributed by atoms with Crippen LogP contribution in [0.25, 0.3) is 0 Å². The summed E-state index contributed by atoms with van der Waals surface area (Å²) < 4.78 is 6.84. The standard InChI is InChI=1S/C13H18N4O2S/c1-10(18)16-12-3-6-20-13(12)8-14-11-7-15-17(9-11)4-5-19-2/h3,6-7,9,14H,4-5,8H2,1-2H3,(H,16,18). The molecule has 0 fully saturated rings. The maximum absolute atomic E-state index is 11.1. The summed E-state index contributed by atoms with van der Waals surface area (Å²) in [6.45, 7) is 3.53. The molecule has 0 aliphatic carbocycles. The summed E-state index contributed by atoms with van der Waals surface area (Å²) in [5.74, 6) is -0.0583. The van der Waals surface area contributed by atoms with E-state index in [9.17, 15) is 4.79 Å². The first kappa shape index (κ1) is 14.5. The molecule has 0 aromatic carbocycles. The monoisotopic (exact) mass is 294 g/mol. The average Bonchev–Trinajstić information content (AvgIpc) is 3.02. The zero-order valence-electron chi connectivity index (χ0n) is 11.5. The van der Waals surface area contributed by atoms with E-state index in [4.69, 9.17) is 4.74 Å². The van der Waals surface area contributed by atoms with Gasteiger partial charge in [0.2, 0.25) is 5.91 Å². The quantitative estimate of drug-likeness (QED) is 0.821. The molecule has 108 valence electrons. The van der Waals surface area contributed by atoms with E-state index >= 15 is 0 Å². The molecule has 0 aliphatic heterocycles. The number of amides is 1. The Bertz CT molecular complexity index is 564. The predicted molar refractivity (Wildman–Crippen MR) is 80.1 cm³/mol. The first-order valence-electron chi connectivity index (χ1n) is 6.28. The molecule has 6 nitrogen and oxygen atoms in total. The van der Waals surface area contributed by atoms with Crippen LogP contribution < -0.4 is 10.6 Å². The van der Waals surface area contributed by atoms with E-state index < -0.39 is 0 Å². The van der Waals surface area contributed by atoms with E-state index in [-0.39, 0.29) is 5.91 Å². The van der Waals surface area contributed by atoms with Crippen molar-refractivity contribution in [1.82, 2.24) is 9.78 Å². The average molecular weight is 294 g/mol. The second-order valence-electron chi connectivity index (χ2n) is 4.28. The summed E-state index contributed by atoms with van der Waals surface area (Å²) in [6.07, 6.45) is 3.71. The van der Waals surface area contributed by atoms with Crippen LogP contribution in [0.4, 0.5) is 11.4 Å². The highest BCUT2D eigenvalue weighted by Gasteiger charge is 2.06. The summed E-state index contributed by atoms with van der Waals surface area (Å²) in [7, 11) is 1.67. The Morgan fingerprint density at radius 1 is 1.55 bits per heavy atom. The molecule has 2 N–H and O–H groups in total. The highest BCUT2D eigenvalue weighted by atomic mass is 32.1. The first-order valence-corrected chi connectivity index (χ1v) is 7.16. The molecule has 0 radical (unpaired) electrons. The number of methoxy groups -OCH3 is 1. The Morgan fingerprint density at radius 2 is 2.40 bits per heavy atom. The van der Waals surface area contributed by atoms with Gasteiger partial charge in [0, 0.05) is 25.1 Å². The minimum Gasteiger partial charge on any atom is -0.383 e. The highest BCUT2D eigenvalue weighted by Crippen LogP contribution is 2.23. The Morgan fingerprint density at radius 3 is 3.15 bits per heavy atom. The lowest BCUT2D eigenvalue weighted by molar-refractivity contribution is -0.114. The number of rotatable bonds is 7. The molecule has 0 saturated carbocycles. The van der Waals surface area contributed by atoms with Gasteiger partial charge in [-0.15, -0.1) is 11.3 Å². The van der Waals surface area contributed by atoms with Crippen LogP contribution >= 0.6 is 11.3 Å². The number of aromatic nitrogens is 2. The number of ether oxygens (including phenoxy) is 1. The van der Waals surface area contributed by atoms with Crippen LogP contribution in [0.5, 0.6) is 0 Å². The molecule has 0 aliphatic rings. The van der Waals surface area contributed by atoms with Gasteiger partial charge in [-0.2, -0.15) is 5.10 Å². The van der Waals surface area contributed by atoms with Gasteiger partial charge in [0.1, 0.15) is 0 Å². The molecule has 1 amide bonds. The third kappa shape index (κ3) is 4.07. The topological polar surface area (TPSA) is 68.2 Å². The molecule has 0 spiro atoms. The molecule has 7 heteroatoms. The van der Waals surface area contributed by atoms with Crippen molar-refractivity contribution in [2.75, 3.05) is 24.4 Å². The number of nitrogens with zero attached hydrogens (tertiary/aromatic N) is 2. The molecule has 0 atom stereocenters. The molecule has 0 unspecified atom stereocenters. The van der Waals surface area contributed by atoms with E-state index in [0.29, 0.717) is 13.2 Å². The minimum absolute atomic E-state index is 0.0583. The molecule has 2 aromatic heterocycles. The van der Waals surface area contributed by atoms with Crippen LogP contribution in [0.15, 0.2) is 23.8 Å². The molecular weight excluding hydrogens is 276 g/mol. The zero-order chi connectivity index (χ0) is 14.4. The molecule has 2 aromatic rings. The van der Waals surface area contributed by atoms with Crippen LogP contribution in [0.2, 0.25) is 0 Å². The maximum atomic E-state index is 11.1. The Labute approximate surface area is 121 Å². The molecule has 0 bridgehead atoms. The molecule has 2 heterocycles. The molecule has 0 saturated heterocycles. The van der Waals surface area contributed by atoms with Gasteiger partial charge in [0.25, 0.3) is 0 Å². The van der Waals surface area contributed by atoms with E-state index in [1.165, 1.54) is 6.92 Å². The van der Waals surface area contributed by atoms with Crippen LogP contribution in [-0.2, 0) is 22.6 Å². The lowest BCUT2D eigenvalue weighted by Crippen LogP contribution is -2.08. The van der Waals surface area contributed by atoms with Gasteiger partial charge in [-0.3, -0.25) is 9.48 Å². The number of carbonyl (C=O) groups is 1. The second kappa shape index (κ2) is 7.06. The van der Waals surface area contributed by atoms with Crippen molar-refractivity contribution in [3.05, 3.63) is 28.7 Å². The van der Waals surface area contributed by atoms with Crippen molar-refractivity contribution in [3.8, 4) is 0 Å². The normalized spacial score (nSPS) is 10.5. The van der Waals surface area contributed by atoms with Gasteiger partial charge < -0.3 is 15.4 Å². The largest absolute Gasteiger partial charge is 0.383 e. The van der Waals surface area contributed by atoms with Gasteiger partial charge in [-0.05, 0) is 11.4 Å². The van der Waals surface area contributed by atoms with Crippen LogP contribution in [-0.4, -0.2) is 29.4 Å². The Balaban J connectivity index is 1.90. The van der Waals surface area contributed by atoms with Crippen molar-refractivity contribution in [3.63, 3.8) is 0 Å². The van der Waals surface area contributed by atoms with Gasteiger partial charge in [0.05, 0.1) is 37.3 Å². The first-order chi connectivity index (χ1) is 9.69. The predicted octanol–water partition coefficient (Wildman–Crippen LogP) is 2.16. The van der Waals surface area contributed by atoms with E-state index in [1.807, 2.05) is 22.3 Å². The fourth-order valence-corrected chi connectivity index (χ4v) is 2.49. The van der Waals surface area contributed by atoms with E-state index in [0.717, 1.165) is 22.8 Å².